The first-order valence-electron chi connectivity index (χ1n) is 15.8. The molecule has 2 aromatic heterocycles. The van der Waals surface area contributed by atoms with Gasteiger partial charge in [0.2, 0.25) is 13.4 Å². The normalized spacial score (nSPS) is 13.3. The maximum Gasteiger partial charge on any atom is 0.323 e. The summed E-state index contributed by atoms with van der Waals surface area (Å²) in [7, 11) is -3.57. The summed E-state index contributed by atoms with van der Waals surface area (Å²) in [6.07, 6.45) is 7.03. The molecule has 0 spiro atoms. The van der Waals surface area contributed by atoms with E-state index in [1.54, 1.807) is 24.7 Å². The highest BCUT2D eigenvalue weighted by Gasteiger charge is 2.32. The molecule has 0 aliphatic carbocycles. The molecule has 0 unspecified atom stereocenters. The van der Waals surface area contributed by atoms with Crippen LogP contribution in [0, 0.1) is 0 Å². The maximum atomic E-state index is 13.7. The molecule has 14 nitrogen and oxygen atoms in total. The van der Waals surface area contributed by atoms with Crippen LogP contribution < -0.4 is 21.6 Å². The van der Waals surface area contributed by atoms with E-state index in [-0.39, 0.29) is 38.2 Å². The van der Waals surface area contributed by atoms with Crippen LogP contribution in [0.15, 0.2) is 42.9 Å². The van der Waals surface area contributed by atoms with Crippen molar-refractivity contribution in [1.82, 2.24) is 29.7 Å². The Morgan fingerprint density at radius 3 is 2.07 bits per heavy atom. The number of carbonyl (C=O) groups excluding carboxylic acids is 2. The van der Waals surface area contributed by atoms with Crippen LogP contribution in [0.3, 0.4) is 0 Å². The van der Waals surface area contributed by atoms with E-state index in [0.29, 0.717) is 17.7 Å². The summed E-state index contributed by atoms with van der Waals surface area (Å²) < 4.78 is 31.6. The fourth-order valence-corrected chi connectivity index (χ4v) is 6.17. The first-order chi connectivity index (χ1) is 22.0. The lowest BCUT2D eigenvalue weighted by Gasteiger charge is -2.26. The number of unbranched alkanes of at least 4 members (excludes halogenated alkanes) is 2. The van der Waals surface area contributed by atoms with Crippen LogP contribution >= 0.6 is 7.44 Å². The molecule has 1 aromatic carbocycles. The van der Waals surface area contributed by atoms with Crippen LogP contribution in [0.25, 0.3) is 11.2 Å². The number of nitrogens with two attached hydrogens (primary N) is 2. The van der Waals surface area contributed by atoms with E-state index in [1.807, 2.05) is 39.0 Å². The van der Waals surface area contributed by atoms with Crippen LogP contribution in [-0.2, 0) is 41.3 Å². The number of anilines is 1. The number of imidazole rings is 1. The summed E-state index contributed by atoms with van der Waals surface area (Å²) in [5.74, 6) is -0.945. The molecular weight excluding hydrogens is 611 g/mol. The quantitative estimate of drug-likeness (QED) is 0.0822. The van der Waals surface area contributed by atoms with Gasteiger partial charge >= 0.3 is 11.9 Å². The first-order valence-corrected chi connectivity index (χ1v) is 17.7. The molecule has 3 atom stereocenters. The maximum absolute atomic E-state index is 13.7. The molecular formula is C31H51N8O6P. The van der Waals surface area contributed by atoms with Gasteiger partial charge in [-0.15, -0.1) is 0 Å². The summed E-state index contributed by atoms with van der Waals surface area (Å²) in [5, 5.41) is 5.57. The predicted octanol–water partition coefficient (Wildman–Crippen LogP) is 3.79. The number of ether oxygens (including phenoxy) is 3. The zero-order valence-electron chi connectivity index (χ0n) is 27.7. The Balaban J connectivity index is 0.000000623. The Labute approximate surface area is 271 Å². The number of hydrogen-bond donors (Lipinski definition) is 4. The molecule has 6 N–H and O–H groups in total. The van der Waals surface area contributed by atoms with Gasteiger partial charge in [-0.3, -0.25) is 14.2 Å². The van der Waals surface area contributed by atoms with E-state index in [4.69, 9.17) is 25.7 Å². The SMILES string of the molecule is CCCCOC(=O)[C@H](C)NP(=O)(COCCn1cnc2cnc(N)nc21)N[C@@H](C)C(=O)OCCCC.C[C@@H](N)Cc1ccccc1. The molecule has 0 saturated heterocycles. The average Bonchev–Trinajstić information content (AvgIpc) is 3.41. The minimum Gasteiger partial charge on any atom is -0.465 e. The number of benzene rings is 1. The first kappa shape index (κ1) is 38.8. The van der Waals surface area contributed by atoms with E-state index in [9.17, 15) is 14.2 Å². The van der Waals surface area contributed by atoms with E-state index < -0.39 is 31.5 Å². The number of nitrogens with zero attached hydrogens (tertiary/aromatic N) is 4. The molecule has 0 aliphatic heterocycles. The average molecular weight is 663 g/mol. The second kappa shape index (κ2) is 20.7. The fourth-order valence-electron chi connectivity index (χ4n) is 4.10. The van der Waals surface area contributed by atoms with Gasteiger partial charge < -0.3 is 30.2 Å². The van der Waals surface area contributed by atoms with Crippen molar-refractivity contribution >= 4 is 36.5 Å². The minimum atomic E-state index is -3.57. The molecule has 0 saturated carbocycles. The monoisotopic (exact) mass is 662 g/mol. The van der Waals surface area contributed by atoms with Gasteiger partial charge in [-0.05, 0) is 45.6 Å². The van der Waals surface area contributed by atoms with E-state index in [0.717, 1.165) is 32.1 Å². The van der Waals surface area contributed by atoms with E-state index >= 15 is 0 Å². The molecule has 15 heteroatoms. The lowest BCUT2D eigenvalue weighted by molar-refractivity contribution is -0.145. The zero-order chi connectivity index (χ0) is 34.0. The molecule has 0 amide bonds. The number of aromatic nitrogens is 4. The number of fused-ring (bicyclic) bond motifs is 1. The van der Waals surface area contributed by atoms with Gasteiger partial charge in [0.1, 0.15) is 23.9 Å². The van der Waals surface area contributed by atoms with Crippen molar-refractivity contribution in [2.45, 2.75) is 91.4 Å². The lowest BCUT2D eigenvalue weighted by atomic mass is 10.1. The highest BCUT2D eigenvalue weighted by molar-refractivity contribution is 7.59. The van der Waals surface area contributed by atoms with E-state index in [2.05, 4.69) is 37.3 Å². The van der Waals surface area contributed by atoms with E-state index in [1.165, 1.54) is 11.8 Å². The highest BCUT2D eigenvalue weighted by atomic mass is 31.2. The number of carbonyl (C=O) groups is 2. The molecule has 3 rings (SSSR count). The van der Waals surface area contributed by atoms with Gasteiger partial charge in [-0.1, -0.05) is 57.0 Å². The van der Waals surface area contributed by atoms with Gasteiger partial charge in [-0.25, -0.2) is 20.1 Å². The highest BCUT2D eigenvalue weighted by Crippen LogP contribution is 2.37. The predicted molar refractivity (Wildman–Crippen MR) is 179 cm³/mol. The number of nitrogen functional groups attached to an aromatic ring is 1. The lowest BCUT2D eigenvalue weighted by Crippen LogP contribution is -2.43. The number of rotatable bonds is 19. The summed E-state index contributed by atoms with van der Waals surface area (Å²) in [4.78, 5) is 36.9. The Bertz CT molecular complexity index is 1340. The second-order valence-electron chi connectivity index (χ2n) is 11.1. The number of nitrogens with one attached hydrogen (secondary N) is 2. The standard InChI is InChI=1S/C22H38N7O6P.C9H13N/c1-5-7-10-34-20(30)16(3)27-36(32,28-17(4)21(31)35-11-8-6-2)15-33-12-9-29-14-25-18-13-24-22(23)26-19(18)29;1-8(10)7-9-5-3-2-4-6-9/h13-14,16-17H,5-12,15H2,1-4H3,(H2,23,24,26)(H2,27,28,32);2-6,8H,7,10H2,1H3/t16-,17-;8-/m01/s1. The summed E-state index contributed by atoms with van der Waals surface area (Å²) in [5.41, 5.74) is 13.7. The molecule has 46 heavy (non-hydrogen) atoms. The fraction of sp³-hybridized carbons (Fsp3) is 0.581. The van der Waals surface area contributed by atoms with Gasteiger partial charge in [0.05, 0.1) is 32.3 Å². The molecule has 2 heterocycles. The minimum absolute atomic E-state index is 0.127. The second-order valence-corrected chi connectivity index (χ2v) is 13.3. The molecule has 0 aliphatic rings. The van der Waals surface area contributed by atoms with Gasteiger partial charge in [0, 0.05) is 12.6 Å². The third kappa shape index (κ3) is 14.3. The molecule has 0 bridgehead atoms. The molecule has 256 valence electrons. The summed E-state index contributed by atoms with van der Waals surface area (Å²) >= 11 is 0. The smallest absolute Gasteiger partial charge is 0.323 e. The van der Waals surface area contributed by atoms with Crippen molar-refractivity contribution in [3.05, 3.63) is 48.4 Å². The Morgan fingerprint density at radius 1 is 0.935 bits per heavy atom. The largest absolute Gasteiger partial charge is 0.465 e. The Hall–Kier alpha value is -3.42. The third-order valence-electron chi connectivity index (χ3n) is 6.52. The summed E-state index contributed by atoms with van der Waals surface area (Å²) in [6, 6.07) is 8.79. The number of esters is 2. The van der Waals surface area contributed by atoms with Crippen LogP contribution in [0.1, 0.15) is 65.9 Å². The van der Waals surface area contributed by atoms with Crippen molar-refractivity contribution in [1.29, 1.82) is 0 Å². The molecule has 3 aromatic rings. The van der Waals surface area contributed by atoms with Crippen LogP contribution in [0.5, 0.6) is 0 Å². The Kier molecular flexibility index (Phi) is 17.4. The van der Waals surface area contributed by atoms with Crippen molar-refractivity contribution in [2.75, 3.05) is 31.9 Å². The van der Waals surface area contributed by atoms with Crippen LogP contribution in [0.2, 0.25) is 0 Å². The van der Waals surface area contributed by atoms with Crippen molar-refractivity contribution < 1.29 is 28.4 Å². The van der Waals surface area contributed by atoms with Gasteiger partial charge in [0.15, 0.2) is 5.65 Å². The summed E-state index contributed by atoms with van der Waals surface area (Å²) in [6.45, 7) is 10.2. The molecule has 0 fully saturated rings. The zero-order valence-corrected chi connectivity index (χ0v) is 28.6. The van der Waals surface area contributed by atoms with Gasteiger partial charge in [0.25, 0.3) is 0 Å². The number of hydrogen-bond acceptors (Lipinski definition) is 11. The van der Waals surface area contributed by atoms with Crippen molar-refractivity contribution in [3.63, 3.8) is 0 Å². The topological polar surface area (TPSA) is 199 Å². The molecule has 0 radical (unpaired) electrons. The van der Waals surface area contributed by atoms with Gasteiger partial charge in [-0.2, -0.15) is 4.98 Å². The van der Waals surface area contributed by atoms with Crippen LogP contribution in [0.4, 0.5) is 5.95 Å². The Morgan fingerprint density at radius 2 is 1.52 bits per heavy atom. The third-order valence-corrected chi connectivity index (χ3v) is 8.68. The van der Waals surface area contributed by atoms with Crippen LogP contribution in [-0.4, -0.2) is 75.8 Å². The van der Waals surface area contributed by atoms with Crippen molar-refractivity contribution in [3.8, 4) is 0 Å². The van der Waals surface area contributed by atoms with Crippen molar-refractivity contribution in [2.24, 2.45) is 5.73 Å².